The predicted octanol–water partition coefficient (Wildman–Crippen LogP) is 0.863. The summed E-state index contributed by atoms with van der Waals surface area (Å²) in [5.74, 6) is 0.350. The summed E-state index contributed by atoms with van der Waals surface area (Å²) in [6.45, 7) is 5.61. The Hall–Kier alpha value is -0.360. The van der Waals surface area contributed by atoms with Gasteiger partial charge in [0.15, 0.2) is 9.84 Å². The molecule has 0 unspecified atom stereocenters. The molecule has 1 rings (SSSR count). The Kier molecular flexibility index (Phi) is 3.60. The summed E-state index contributed by atoms with van der Waals surface area (Å²) in [6, 6.07) is 0. The molecular weight excluding hydrogens is 234 g/mol. The average Bonchev–Trinajstić information content (AvgIpc) is 2.22. The number of ether oxygens (including phenoxy) is 1. The van der Waals surface area contributed by atoms with Crippen molar-refractivity contribution in [1.82, 2.24) is 5.32 Å². The molecule has 0 aromatic carbocycles. The zero-order chi connectivity index (χ0) is 11.7. The molecular formula is C9H17NO3S2. The Morgan fingerprint density at radius 1 is 1.53 bits per heavy atom. The van der Waals surface area contributed by atoms with E-state index in [9.17, 15) is 8.42 Å². The van der Waals surface area contributed by atoms with Crippen LogP contribution < -0.4 is 5.32 Å². The normalized spacial score (nSPS) is 29.1. The Labute approximate surface area is 96.3 Å². The summed E-state index contributed by atoms with van der Waals surface area (Å²) in [5, 5.41) is 3.25. The van der Waals surface area contributed by atoms with Gasteiger partial charge in [0.25, 0.3) is 5.17 Å². The Morgan fingerprint density at radius 3 is 2.53 bits per heavy atom. The highest BCUT2D eigenvalue weighted by Crippen LogP contribution is 2.22. The minimum Gasteiger partial charge on any atom is -0.468 e. The summed E-state index contributed by atoms with van der Waals surface area (Å²) in [7, 11) is -2.91. The molecule has 1 fully saturated rings. The van der Waals surface area contributed by atoms with Crippen molar-refractivity contribution in [3.8, 4) is 0 Å². The van der Waals surface area contributed by atoms with Gasteiger partial charge < -0.3 is 10.1 Å². The quantitative estimate of drug-likeness (QED) is 0.738. The van der Waals surface area contributed by atoms with E-state index >= 15 is 0 Å². The first kappa shape index (κ1) is 12.7. The van der Waals surface area contributed by atoms with Crippen molar-refractivity contribution >= 4 is 27.2 Å². The van der Waals surface area contributed by atoms with Crippen LogP contribution >= 0.6 is 12.2 Å². The van der Waals surface area contributed by atoms with Crippen LogP contribution in [0.5, 0.6) is 0 Å². The van der Waals surface area contributed by atoms with Gasteiger partial charge in [-0.25, -0.2) is 8.42 Å². The van der Waals surface area contributed by atoms with Crippen LogP contribution in [-0.2, 0) is 14.6 Å². The zero-order valence-electron chi connectivity index (χ0n) is 9.24. The molecule has 1 aliphatic heterocycles. The van der Waals surface area contributed by atoms with Crippen LogP contribution in [0.4, 0.5) is 0 Å². The molecule has 0 bridgehead atoms. The molecule has 0 aliphatic carbocycles. The van der Waals surface area contributed by atoms with Gasteiger partial charge in [0.1, 0.15) is 0 Å². The van der Waals surface area contributed by atoms with Gasteiger partial charge in [0, 0.05) is 0 Å². The molecule has 15 heavy (non-hydrogen) atoms. The van der Waals surface area contributed by atoms with E-state index in [2.05, 4.69) is 5.32 Å². The van der Waals surface area contributed by atoms with Crippen LogP contribution in [-0.4, -0.2) is 36.7 Å². The monoisotopic (exact) mass is 251 g/mol. The first-order chi connectivity index (χ1) is 6.72. The van der Waals surface area contributed by atoms with Gasteiger partial charge in [-0.05, 0) is 39.4 Å². The summed E-state index contributed by atoms with van der Waals surface area (Å²) >= 11 is 4.99. The van der Waals surface area contributed by atoms with Gasteiger partial charge in [-0.15, -0.1) is 0 Å². The van der Waals surface area contributed by atoms with Crippen molar-refractivity contribution in [3.05, 3.63) is 0 Å². The smallest absolute Gasteiger partial charge is 0.257 e. The van der Waals surface area contributed by atoms with Crippen molar-refractivity contribution in [2.75, 3.05) is 11.5 Å². The van der Waals surface area contributed by atoms with Gasteiger partial charge in [-0.2, -0.15) is 0 Å². The van der Waals surface area contributed by atoms with E-state index in [1.165, 1.54) is 0 Å². The lowest BCUT2D eigenvalue weighted by atomic mass is 10.0. The van der Waals surface area contributed by atoms with Gasteiger partial charge in [-0.3, -0.25) is 0 Å². The van der Waals surface area contributed by atoms with Crippen molar-refractivity contribution < 1.29 is 13.2 Å². The van der Waals surface area contributed by atoms with Gasteiger partial charge >= 0.3 is 0 Å². The van der Waals surface area contributed by atoms with Crippen LogP contribution in [0.15, 0.2) is 0 Å². The molecule has 0 saturated carbocycles. The van der Waals surface area contributed by atoms with Crippen LogP contribution in [0, 0.1) is 0 Å². The summed E-state index contributed by atoms with van der Waals surface area (Å²) in [4.78, 5) is 0. The lowest BCUT2D eigenvalue weighted by Gasteiger charge is -2.26. The van der Waals surface area contributed by atoms with E-state index in [1.807, 2.05) is 20.8 Å². The fraction of sp³-hybridized carbons (Fsp3) is 0.889. The fourth-order valence-corrected chi connectivity index (χ4v) is 4.13. The maximum absolute atomic E-state index is 11.3. The van der Waals surface area contributed by atoms with Crippen LogP contribution in [0.1, 0.15) is 27.2 Å². The molecule has 0 aromatic heterocycles. The second kappa shape index (κ2) is 4.25. The molecule has 1 saturated heterocycles. The summed E-state index contributed by atoms with van der Waals surface area (Å²) in [6.07, 6.45) is 0.586. The minimum atomic E-state index is -2.91. The standard InChI is InChI=1S/C9H17NO3S2/c1-7(2)13-8(14)10-9(3)4-5-15(11,12)6-9/h7H,4-6H2,1-3H3,(H,10,14)/t9-/m0/s1. The molecule has 0 amide bonds. The second-order valence-corrected chi connectivity index (χ2v) is 7.04. The lowest BCUT2D eigenvalue weighted by Crippen LogP contribution is -2.47. The molecule has 1 atom stereocenters. The third-order valence-electron chi connectivity index (χ3n) is 2.25. The Morgan fingerprint density at radius 2 is 2.13 bits per heavy atom. The molecule has 0 aromatic rings. The van der Waals surface area contributed by atoms with Gasteiger partial charge in [0.2, 0.25) is 0 Å². The van der Waals surface area contributed by atoms with E-state index in [-0.39, 0.29) is 22.8 Å². The van der Waals surface area contributed by atoms with Crippen LogP contribution in [0.25, 0.3) is 0 Å². The van der Waals surface area contributed by atoms with Gasteiger partial charge in [0.05, 0.1) is 23.1 Å². The van der Waals surface area contributed by atoms with Crippen molar-refractivity contribution in [3.63, 3.8) is 0 Å². The molecule has 1 aliphatic rings. The number of rotatable bonds is 2. The summed E-state index contributed by atoms with van der Waals surface area (Å²) < 4.78 is 27.9. The minimum absolute atomic E-state index is 0.00612. The topological polar surface area (TPSA) is 55.4 Å². The molecule has 0 spiro atoms. The Bertz CT molecular complexity index is 350. The van der Waals surface area contributed by atoms with E-state index in [4.69, 9.17) is 17.0 Å². The van der Waals surface area contributed by atoms with E-state index in [1.54, 1.807) is 0 Å². The van der Waals surface area contributed by atoms with E-state index < -0.39 is 15.4 Å². The number of thiocarbonyl (C=S) groups is 1. The third kappa shape index (κ3) is 3.95. The Balaban J connectivity index is 2.55. The highest BCUT2D eigenvalue weighted by molar-refractivity contribution is 7.91. The van der Waals surface area contributed by atoms with Crippen molar-refractivity contribution in [1.29, 1.82) is 0 Å². The van der Waals surface area contributed by atoms with Crippen molar-refractivity contribution in [2.24, 2.45) is 0 Å². The van der Waals surface area contributed by atoms with E-state index in [0.29, 0.717) is 6.42 Å². The highest BCUT2D eigenvalue weighted by atomic mass is 32.2. The lowest BCUT2D eigenvalue weighted by molar-refractivity contribution is 0.215. The molecule has 4 nitrogen and oxygen atoms in total. The maximum atomic E-state index is 11.3. The first-order valence-electron chi connectivity index (χ1n) is 4.92. The highest BCUT2D eigenvalue weighted by Gasteiger charge is 2.39. The SMILES string of the molecule is CC(C)OC(=S)N[C@@]1(C)CCS(=O)(=O)C1. The van der Waals surface area contributed by atoms with Crippen molar-refractivity contribution in [2.45, 2.75) is 38.8 Å². The summed E-state index contributed by atoms with van der Waals surface area (Å²) in [5.41, 5.74) is -0.467. The average molecular weight is 251 g/mol. The molecule has 1 heterocycles. The van der Waals surface area contributed by atoms with E-state index in [0.717, 1.165) is 0 Å². The van der Waals surface area contributed by atoms with Crippen LogP contribution in [0.2, 0.25) is 0 Å². The maximum Gasteiger partial charge on any atom is 0.257 e. The molecule has 1 N–H and O–H groups in total. The fourth-order valence-electron chi connectivity index (χ4n) is 1.60. The number of nitrogens with one attached hydrogen (secondary N) is 1. The molecule has 6 heteroatoms. The third-order valence-corrected chi connectivity index (χ3v) is 4.35. The van der Waals surface area contributed by atoms with Crippen LogP contribution in [0.3, 0.4) is 0 Å². The zero-order valence-corrected chi connectivity index (χ0v) is 10.9. The second-order valence-electron chi connectivity index (χ2n) is 4.48. The largest absolute Gasteiger partial charge is 0.468 e. The number of sulfone groups is 1. The molecule has 0 radical (unpaired) electrons. The first-order valence-corrected chi connectivity index (χ1v) is 7.15. The number of hydrogen-bond acceptors (Lipinski definition) is 4. The molecule has 88 valence electrons. The predicted molar refractivity (Wildman–Crippen MR) is 63.6 cm³/mol. The van der Waals surface area contributed by atoms with Gasteiger partial charge in [-0.1, -0.05) is 0 Å². The number of hydrogen-bond donors (Lipinski definition) is 1.